The third-order valence-corrected chi connectivity index (χ3v) is 2.37. The van der Waals surface area contributed by atoms with E-state index in [2.05, 4.69) is 11.6 Å². The van der Waals surface area contributed by atoms with Gasteiger partial charge in [-0.15, -0.1) is 0 Å². The SMILES string of the molecule is C=C1CC(F)(F)C(c2ccc(C)cc2)=N1. The molecule has 1 aromatic rings. The molecule has 3 heteroatoms. The van der Waals surface area contributed by atoms with Crippen molar-refractivity contribution in [2.75, 3.05) is 0 Å². The summed E-state index contributed by atoms with van der Waals surface area (Å²) in [6.45, 7) is 5.39. The highest BCUT2D eigenvalue weighted by atomic mass is 19.3. The highest BCUT2D eigenvalue weighted by Gasteiger charge is 2.41. The first-order valence-corrected chi connectivity index (χ1v) is 4.71. The highest BCUT2D eigenvalue weighted by Crippen LogP contribution is 2.34. The van der Waals surface area contributed by atoms with Crippen molar-refractivity contribution >= 4 is 5.71 Å². The summed E-state index contributed by atoms with van der Waals surface area (Å²) in [6, 6.07) is 6.94. The second-order valence-corrected chi connectivity index (χ2v) is 3.77. The van der Waals surface area contributed by atoms with Gasteiger partial charge < -0.3 is 0 Å². The van der Waals surface area contributed by atoms with Crippen LogP contribution < -0.4 is 0 Å². The van der Waals surface area contributed by atoms with Crippen LogP contribution in [-0.2, 0) is 0 Å². The maximum absolute atomic E-state index is 13.5. The molecule has 0 amide bonds. The van der Waals surface area contributed by atoms with Gasteiger partial charge in [-0.2, -0.15) is 8.78 Å². The number of aliphatic imine (C=N–C) groups is 1. The molecule has 0 fully saturated rings. The molecule has 0 aromatic heterocycles. The molecule has 78 valence electrons. The first-order chi connectivity index (χ1) is 6.99. The number of allylic oxidation sites excluding steroid dienone is 1. The average Bonchev–Trinajstić information content (AvgIpc) is 2.41. The fourth-order valence-corrected chi connectivity index (χ4v) is 1.61. The van der Waals surface area contributed by atoms with Crippen molar-refractivity contribution in [1.82, 2.24) is 0 Å². The number of nitrogens with zero attached hydrogens (tertiary/aromatic N) is 1. The minimum Gasteiger partial charge on any atom is -0.251 e. The van der Waals surface area contributed by atoms with Crippen molar-refractivity contribution < 1.29 is 8.78 Å². The Hall–Kier alpha value is -1.51. The van der Waals surface area contributed by atoms with Crippen molar-refractivity contribution in [2.45, 2.75) is 19.3 Å². The number of hydrogen-bond donors (Lipinski definition) is 0. The normalized spacial score (nSPS) is 19.1. The van der Waals surface area contributed by atoms with Crippen LogP contribution in [0, 0.1) is 6.92 Å². The van der Waals surface area contributed by atoms with Gasteiger partial charge in [0.25, 0.3) is 5.92 Å². The second-order valence-electron chi connectivity index (χ2n) is 3.77. The molecule has 0 N–H and O–H groups in total. The predicted octanol–water partition coefficient (Wildman–Crippen LogP) is 3.34. The molecule has 0 atom stereocenters. The maximum atomic E-state index is 13.5. The van der Waals surface area contributed by atoms with Crippen LogP contribution in [0.4, 0.5) is 8.78 Å². The first kappa shape index (κ1) is 10.0. The van der Waals surface area contributed by atoms with Crippen LogP contribution in [0.5, 0.6) is 0 Å². The lowest BCUT2D eigenvalue weighted by Gasteiger charge is -2.11. The Morgan fingerprint density at radius 2 is 1.87 bits per heavy atom. The summed E-state index contributed by atoms with van der Waals surface area (Å²) in [6.07, 6.45) is -0.365. The summed E-state index contributed by atoms with van der Waals surface area (Å²) in [5, 5.41) is 0. The highest BCUT2D eigenvalue weighted by molar-refractivity contribution is 6.07. The van der Waals surface area contributed by atoms with Crippen molar-refractivity contribution in [3.05, 3.63) is 47.7 Å². The van der Waals surface area contributed by atoms with Gasteiger partial charge in [-0.3, -0.25) is 4.99 Å². The number of aryl methyl sites for hydroxylation is 1. The number of halogens is 2. The third-order valence-electron chi connectivity index (χ3n) is 2.37. The molecule has 0 saturated carbocycles. The van der Waals surface area contributed by atoms with E-state index in [1.807, 2.05) is 6.92 Å². The zero-order valence-electron chi connectivity index (χ0n) is 8.43. The van der Waals surface area contributed by atoms with Gasteiger partial charge in [-0.25, -0.2) is 0 Å². The molecule has 1 aliphatic rings. The van der Waals surface area contributed by atoms with Gasteiger partial charge in [0.1, 0.15) is 5.71 Å². The van der Waals surface area contributed by atoms with Gasteiger partial charge in [0.15, 0.2) is 0 Å². The molecule has 1 nitrogen and oxygen atoms in total. The van der Waals surface area contributed by atoms with Gasteiger partial charge in [0.2, 0.25) is 0 Å². The van der Waals surface area contributed by atoms with Gasteiger partial charge in [0, 0.05) is 11.3 Å². The summed E-state index contributed by atoms with van der Waals surface area (Å²) >= 11 is 0. The number of hydrogen-bond acceptors (Lipinski definition) is 1. The first-order valence-electron chi connectivity index (χ1n) is 4.71. The van der Waals surface area contributed by atoms with Crippen molar-refractivity contribution in [2.24, 2.45) is 4.99 Å². The van der Waals surface area contributed by atoms with Crippen LogP contribution in [0.1, 0.15) is 17.5 Å². The topological polar surface area (TPSA) is 12.4 Å². The lowest BCUT2D eigenvalue weighted by atomic mass is 10.0. The molecule has 1 aromatic carbocycles. The van der Waals surface area contributed by atoms with E-state index in [1.54, 1.807) is 24.3 Å². The zero-order chi connectivity index (χ0) is 11.1. The number of benzene rings is 1. The zero-order valence-corrected chi connectivity index (χ0v) is 8.43. The van der Waals surface area contributed by atoms with Crippen LogP contribution in [0.2, 0.25) is 0 Å². The fraction of sp³-hybridized carbons (Fsp3) is 0.250. The van der Waals surface area contributed by atoms with Crippen molar-refractivity contribution in [1.29, 1.82) is 0 Å². The van der Waals surface area contributed by atoms with Gasteiger partial charge in [0.05, 0.1) is 6.42 Å². The van der Waals surface area contributed by atoms with Gasteiger partial charge in [-0.05, 0) is 6.92 Å². The van der Waals surface area contributed by atoms with Crippen molar-refractivity contribution in [3.8, 4) is 0 Å². The molecule has 0 spiro atoms. The molecule has 1 aliphatic heterocycles. The Balaban J connectivity index is 2.43. The van der Waals surface area contributed by atoms with Crippen molar-refractivity contribution in [3.63, 3.8) is 0 Å². The Morgan fingerprint density at radius 3 is 2.33 bits per heavy atom. The Bertz CT molecular complexity index is 429. The van der Waals surface area contributed by atoms with Crippen LogP contribution in [0.3, 0.4) is 0 Å². The largest absolute Gasteiger partial charge is 0.295 e. The molecular formula is C12H11F2N. The molecule has 15 heavy (non-hydrogen) atoms. The monoisotopic (exact) mass is 207 g/mol. The van der Waals surface area contributed by atoms with Crippen LogP contribution in [0.25, 0.3) is 0 Å². The van der Waals surface area contributed by atoms with Crippen LogP contribution in [-0.4, -0.2) is 11.6 Å². The second kappa shape index (κ2) is 3.26. The summed E-state index contributed by atoms with van der Waals surface area (Å²) in [4.78, 5) is 3.81. The van der Waals surface area contributed by atoms with E-state index in [4.69, 9.17) is 0 Å². The van der Waals surface area contributed by atoms with Gasteiger partial charge >= 0.3 is 0 Å². The summed E-state index contributed by atoms with van der Waals surface area (Å²) < 4.78 is 26.9. The van der Waals surface area contributed by atoms with E-state index >= 15 is 0 Å². The van der Waals surface area contributed by atoms with E-state index in [-0.39, 0.29) is 17.8 Å². The Kier molecular flexibility index (Phi) is 2.18. The molecule has 0 unspecified atom stereocenters. The number of rotatable bonds is 1. The standard InChI is InChI=1S/C12H11F2N/c1-8-3-5-10(6-4-8)11-12(13,14)7-9(2)15-11/h3-6H,2,7H2,1H3. The molecule has 0 bridgehead atoms. The van der Waals surface area contributed by atoms with E-state index < -0.39 is 5.92 Å². The molecular weight excluding hydrogens is 196 g/mol. The lowest BCUT2D eigenvalue weighted by Crippen LogP contribution is -2.24. The minimum atomic E-state index is -2.87. The predicted molar refractivity (Wildman–Crippen MR) is 56.4 cm³/mol. The summed E-state index contributed by atoms with van der Waals surface area (Å²) in [7, 11) is 0. The quantitative estimate of drug-likeness (QED) is 0.669. The summed E-state index contributed by atoms with van der Waals surface area (Å²) in [5.41, 5.74) is 1.60. The molecule has 0 saturated heterocycles. The number of alkyl halides is 2. The van der Waals surface area contributed by atoms with Gasteiger partial charge in [-0.1, -0.05) is 36.4 Å². The van der Waals surface area contributed by atoms with E-state index in [0.717, 1.165) is 5.56 Å². The van der Waals surface area contributed by atoms with Crippen LogP contribution in [0.15, 0.2) is 41.5 Å². The van der Waals surface area contributed by atoms with E-state index in [1.165, 1.54) is 0 Å². The van der Waals surface area contributed by atoms with Crippen LogP contribution >= 0.6 is 0 Å². The molecule has 1 heterocycles. The Morgan fingerprint density at radius 1 is 1.27 bits per heavy atom. The summed E-state index contributed by atoms with van der Waals surface area (Å²) in [5.74, 6) is -2.87. The van der Waals surface area contributed by atoms with E-state index in [0.29, 0.717) is 5.56 Å². The smallest absolute Gasteiger partial charge is 0.251 e. The molecule has 2 rings (SSSR count). The minimum absolute atomic E-state index is 0.160. The van der Waals surface area contributed by atoms with E-state index in [9.17, 15) is 8.78 Å². The molecule has 0 aliphatic carbocycles. The lowest BCUT2D eigenvalue weighted by molar-refractivity contribution is 0.0863. The average molecular weight is 207 g/mol. The maximum Gasteiger partial charge on any atom is 0.295 e. The Labute approximate surface area is 87.2 Å². The fourth-order valence-electron chi connectivity index (χ4n) is 1.61. The molecule has 0 radical (unpaired) electrons. The third kappa shape index (κ3) is 1.82.